The number of aliphatic carboxylic acids is 1. The minimum Gasteiger partial charge on any atom is -0.481 e. The molecule has 0 aromatic heterocycles. The van der Waals surface area contributed by atoms with Crippen LogP contribution in [-0.2, 0) is 18.7 Å². The van der Waals surface area contributed by atoms with E-state index >= 15 is 0 Å². The summed E-state index contributed by atoms with van der Waals surface area (Å²) < 4.78 is 14.4. The Morgan fingerprint density at radius 3 is 2.24 bits per heavy atom. The summed E-state index contributed by atoms with van der Waals surface area (Å²) in [6, 6.07) is 0. The maximum absolute atomic E-state index is 11.4. The highest BCUT2D eigenvalue weighted by Crippen LogP contribution is 2.35. The summed E-state index contributed by atoms with van der Waals surface area (Å²) in [6.45, 7) is 2.42. The Morgan fingerprint density at radius 1 is 1.29 bits per heavy atom. The van der Waals surface area contributed by atoms with Gasteiger partial charge in [0.05, 0.1) is 12.5 Å². The molecule has 0 spiro atoms. The lowest BCUT2D eigenvalue weighted by Crippen LogP contribution is -2.36. The smallest absolute Gasteiger partial charge is 0.469 e. The molecule has 0 aromatic carbocycles. The van der Waals surface area contributed by atoms with Gasteiger partial charge in [0, 0.05) is 12.5 Å². The van der Waals surface area contributed by atoms with Crippen LogP contribution >= 0.6 is 7.82 Å². The number of hydrogen-bond acceptors (Lipinski definition) is 4. The van der Waals surface area contributed by atoms with Crippen molar-refractivity contribution < 1.29 is 33.6 Å². The van der Waals surface area contributed by atoms with Gasteiger partial charge in [-0.15, -0.1) is 0 Å². The average molecular weight is 269 g/mol. The van der Waals surface area contributed by atoms with Crippen molar-refractivity contribution in [3.63, 3.8) is 0 Å². The van der Waals surface area contributed by atoms with Gasteiger partial charge in [-0.1, -0.05) is 13.8 Å². The zero-order valence-electron chi connectivity index (χ0n) is 9.49. The molecule has 0 heterocycles. The summed E-state index contributed by atoms with van der Waals surface area (Å²) >= 11 is 0. The first kappa shape index (κ1) is 16.1. The maximum atomic E-state index is 11.4. The fourth-order valence-electron chi connectivity index (χ4n) is 0.941. The molecule has 9 heteroatoms. The van der Waals surface area contributed by atoms with Crippen LogP contribution in [0.5, 0.6) is 0 Å². The normalized spacial score (nSPS) is 15.1. The van der Waals surface area contributed by atoms with Crippen LogP contribution in [0.25, 0.3) is 0 Å². The zero-order valence-corrected chi connectivity index (χ0v) is 10.4. The first-order valence-corrected chi connectivity index (χ1v) is 6.38. The minimum atomic E-state index is -4.53. The fraction of sp³-hybridized carbons (Fsp3) is 0.750. The third kappa shape index (κ3) is 7.06. The van der Waals surface area contributed by atoms with Crippen molar-refractivity contribution in [2.75, 3.05) is 13.2 Å². The van der Waals surface area contributed by atoms with Crippen LogP contribution < -0.4 is 5.32 Å². The Bertz CT molecular complexity index is 326. The van der Waals surface area contributed by atoms with Crippen molar-refractivity contribution >= 4 is 19.7 Å². The number of amides is 1. The van der Waals surface area contributed by atoms with Gasteiger partial charge in [-0.3, -0.25) is 14.1 Å². The van der Waals surface area contributed by atoms with Crippen molar-refractivity contribution in [2.45, 2.75) is 13.8 Å². The quantitative estimate of drug-likeness (QED) is 0.364. The molecule has 0 saturated carbocycles. The summed E-state index contributed by atoms with van der Waals surface area (Å²) in [6.07, 6.45) is 0. The Balaban J connectivity index is 3.95. The molecule has 0 rings (SSSR count). The Kier molecular flexibility index (Phi) is 6.33. The molecule has 4 N–H and O–H groups in total. The molecule has 1 amide bonds. The van der Waals surface area contributed by atoms with E-state index in [-0.39, 0.29) is 13.2 Å². The third-order valence-corrected chi connectivity index (χ3v) is 2.73. The van der Waals surface area contributed by atoms with E-state index in [0.29, 0.717) is 0 Å². The summed E-state index contributed by atoms with van der Waals surface area (Å²) in [5, 5.41) is 11.0. The molecule has 0 fully saturated rings. The van der Waals surface area contributed by atoms with E-state index in [0.717, 1.165) is 0 Å². The highest BCUT2D eigenvalue weighted by atomic mass is 31.2. The molecule has 0 aliphatic carbocycles. The SMILES string of the molecule is C[C@@H](C(=O)O)[C@@H](C)C(=O)NCCOP(=O)(O)O. The van der Waals surface area contributed by atoms with Crippen LogP contribution in [0.1, 0.15) is 13.8 Å². The number of carbonyl (C=O) groups is 2. The fourth-order valence-corrected chi connectivity index (χ4v) is 1.27. The zero-order chi connectivity index (χ0) is 13.6. The Hall–Kier alpha value is -0.950. The summed E-state index contributed by atoms with van der Waals surface area (Å²) in [5.74, 6) is -3.16. The van der Waals surface area contributed by atoms with Crippen LogP contribution in [-0.4, -0.2) is 39.9 Å². The van der Waals surface area contributed by atoms with E-state index in [1.165, 1.54) is 13.8 Å². The van der Waals surface area contributed by atoms with E-state index in [9.17, 15) is 14.2 Å². The lowest BCUT2D eigenvalue weighted by atomic mass is 9.95. The summed E-state index contributed by atoms with van der Waals surface area (Å²) in [7, 11) is -4.53. The highest BCUT2D eigenvalue weighted by molar-refractivity contribution is 7.46. The van der Waals surface area contributed by atoms with Gasteiger partial charge in [0.1, 0.15) is 0 Å². The summed E-state index contributed by atoms with van der Waals surface area (Å²) in [4.78, 5) is 38.7. The molecule has 8 nitrogen and oxygen atoms in total. The van der Waals surface area contributed by atoms with Crippen molar-refractivity contribution in [1.29, 1.82) is 0 Å². The Morgan fingerprint density at radius 2 is 1.82 bits per heavy atom. The molecule has 0 unspecified atom stereocenters. The standard InChI is InChI=1S/C8H16NO7P/c1-5(6(2)8(11)12)7(10)9-3-4-16-17(13,14)15/h5-6H,3-4H2,1-2H3,(H,9,10)(H,11,12)(H2,13,14,15)/t5-,6-/m1/s1. The number of carboxylic acids is 1. The molecule has 0 saturated heterocycles. The number of hydrogen-bond donors (Lipinski definition) is 4. The van der Waals surface area contributed by atoms with Gasteiger partial charge < -0.3 is 20.2 Å². The van der Waals surface area contributed by atoms with Gasteiger partial charge in [-0.05, 0) is 0 Å². The van der Waals surface area contributed by atoms with E-state index in [1.54, 1.807) is 0 Å². The molecule has 0 bridgehead atoms. The second-order valence-corrected chi connectivity index (χ2v) is 4.77. The van der Waals surface area contributed by atoms with Gasteiger partial charge in [0.25, 0.3) is 0 Å². The topological polar surface area (TPSA) is 133 Å². The number of nitrogens with one attached hydrogen (secondary N) is 1. The van der Waals surface area contributed by atoms with Crippen molar-refractivity contribution in [3.8, 4) is 0 Å². The first-order valence-electron chi connectivity index (χ1n) is 4.85. The predicted octanol–water partition coefficient (Wildman–Crippen LogP) is -0.431. The number of rotatable bonds is 7. The maximum Gasteiger partial charge on any atom is 0.469 e. The molecule has 0 radical (unpaired) electrons. The number of carbonyl (C=O) groups excluding carboxylic acids is 1. The molecule has 0 aromatic rings. The first-order chi connectivity index (χ1) is 7.65. The van der Waals surface area contributed by atoms with Gasteiger partial charge in [-0.2, -0.15) is 0 Å². The van der Waals surface area contributed by atoms with Crippen molar-refractivity contribution in [2.24, 2.45) is 11.8 Å². The summed E-state index contributed by atoms with van der Waals surface area (Å²) in [5.41, 5.74) is 0. The van der Waals surface area contributed by atoms with E-state index in [4.69, 9.17) is 14.9 Å². The van der Waals surface area contributed by atoms with Crippen molar-refractivity contribution in [1.82, 2.24) is 5.32 Å². The lowest BCUT2D eigenvalue weighted by molar-refractivity contribution is -0.146. The van der Waals surface area contributed by atoms with Crippen LogP contribution in [0.3, 0.4) is 0 Å². The predicted molar refractivity (Wildman–Crippen MR) is 57.0 cm³/mol. The van der Waals surface area contributed by atoms with E-state index in [1.807, 2.05) is 0 Å². The molecule has 2 atom stereocenters. The van der Waals surface area contributed by atoms with Crippen LogP contribution in [0.2, 0.25) is 0 Å². The molecular formula is C8H16NO7P. The molecule has 17 heavy (non-hydrogen) atoms. The monoisotopic (exact) mass is 269 g/mol. The molecule has 0 aliphatic heterocycles. The van der Waals surface area contributed by atoms with Crippen LogP contribution in [0, 0.1) is 11.8 Å². The van der Waals surface area contributed by atoms with E-state index < -0.39 is 31.5 Å². The second-order valence-electron chi connectivity index (χ2n) is 3.53. The van der Waals surface area contributed by atoms with Gasteiger partial charge >= 0.3 is 13.8 Å². The van der Waals surface area contributed by atoms with Crippen molar-refractivity contribution in [3.05, 3.63) is 0 Å². The van der Waals surface area contributed by atoms with Gasteiger partial charge in [-0.25, -0.2) is 4.57 Å². The van der Waals surface area contributed by atoms with Gasteiger partial charge in [0.15, 0.2) is 0 Å². The Labute approximate surface area is 98.2 Å². The van der Waals surface area contributed by atoms with Gasteiger partial charge in [0.2, 0.25) is 5.91 Å². The highest BCUT2D eigenvalue weighted by Gasteiger charge is 2.25. The molecule has 0 aliphatic rings. The van der Waals surface area contributed by atoms with E-state index in [2.05, 4.69) is 9.84 Å². The second kappa shape index (κ2) is 6.70. The lowest BCUT2D eigenvalue weighted by Gasteiger charge is -2.15. The number of phosphoric ester groups is 1. The third-order valence-electron chi connectivity index (χ3n) is 2.21. The largest absolute Gasteiger partial charge is 0.481 e. The minimum absolute atomic E-state index is 0.0966. The number of carboxylic acid groups (broad SMARTS) is 1. The molecular weight excluding hydrogens is 253 g/mol. The molecule has 100 valence electrons. The number of phosphoric acid groups is 1. The van der Waals surface area contributed by atoms with Crippen LogP contribution in [0.4, 0.5) is 0 Å². The average Bonchev–Trinajstić information content (AvgIpc) is 2.20. The van der Waals surface area contributed by atoms with Crippen LogP contribution in [0.15, 0.2) is 0 Å².